The lowest BCUT2D eigenvalue weighted by Crippen LogP contribution is -2.44. The third-order valence-corrected chi connectivity index (χ3v) is 1.70. The van der Waals surface area contributed by atoms with Gasteiger partial charge in [-0.3, -0.25) is 4.98 Å². The van der Waals surface area contributed by atoms with Crippen molar-refractivity contribution in [1.82, 2.24) is 10.4 Å². The van der Waals surface area contributed by atoms with Gasteiger partial charge in [-0.15, -0.1) is 0 Å². The highest BCUT2D eigenvalue weighted by Crippen LogP contribution is 2.14. The number of ether oxygens (including phenoxy) is 1. The van der Waals surface area contributed by atoms with Crippen molar-refractivity contribution >= 4 is 11.8 Å². The highest BCUT2D eigenvalue weighted by molar-refractivity contribution is 5.86. The Labute approximate surface area is 95.4 Å². The lowest BCUT2D eigenvalue weighted by molar-refractivity contribution is 0.0565. The maximum Gasteiger partial charge on any atom is 0.429 e. The molecule has 1 rings (SSSR count). The second-order valence-electron chi connectivity index (χ2n) is 4.25. The summed E-state index contributed by atoms with van der Waals surface area (Å²) in [5, 5.41) is 1.30. The lowest BCUT2D eigenvalue weighted by atomic mass is 10.2. The van der Waals surface area contributed by atoms with Gasteiger partial charge in [-0.1, -0.05) is 0 Å². The molecule has 0 saturated heterocycles. The van der Waals surface area contributed by atoms with Gasteiger partial charge in [-0.2, -0.15) is 0 Å². The number of carbonyl (C=O) groups is 1. The molecule has 0 atom stereocenters. The third kappa shape index (κ3) is 3.51. The van der Waals surface area contributed by atoms with Crippen LogP contribution in [0.1, 0.15) is 20.8 Å². The van der Waals surface area contributed by atoms with Gasteiger partial charge in [-0.25, -0.2) is 15.2 Å². The number of carbonyl (C=O) groups excluding carboxylic acids is 1. The summed E-state index contributed by atoms with van der Waals surface area (Å²) >= 11 is 0. The highest BCUT2D eigenvalue weighted by atomic mass is 16.6. The number of pyridine rings is 1. The van der Waals surface area contributed by atoms with E-state index >= 15 is 0 Å². The van der Waals surface area contributed by atoms with Crippen molar-refractivity contribution in [2.75, 3.05) is 12.1 Å². The average molecular weight is 223 g/mol. The van der Waals surface area contributed by atoms with Crippen LogP contribution in [0.2, 0.25) is 0 Å². The van der Waals surface area contributed by atoms with Crippen molar-refractivity contribution in [3.63, 3.8) is 0 Å². The van der Waals surface area contributed by atoms with Crippen LogP contribution in [0, 0.1) is 0 Å². The normalized spacial score (nSPS) is 11.0. The number of anilines is 1. The lowest BCUT2D eigenvalue weighted by Gasteiger charge is -2.26. The van der Waals surface area contributed by atoms with E-state index in [4.69, 9.17) is 4.74 Å². The van der Waals surface area contributed by atoms with Crippen LogP contribution in [-0.2, 0) is 4.74 Å². The first-order valence-corrected chi connectivity index (χ1v) is 5.04. The first-order valence-electron chi connectivity index (χ1n) is 5.04. The van der Waals surface area contributed by atoms with E-state index in [1.165, 1.54) is 5.01 Å². The van der Waals surface area contributed by atoms with Crippen LogP contribution in [0.4, 0.5) is 10.5 Å². The molecule has 1 N–H and O–H groups in total. The van der Waals surface area contributed by atoms with Gasteiger partial charge >= 0.3 is 6.09 Å². The van der Waals surface area contributed by atoms with E-state index in [9.17, 15) is 4.79 Å². The molecule has 1 aromatic heterocycles. The van der Waals surface area contributed by atoms with E-state index in [-0.39, 0.29) is 0 Å². The molecule has 5 heteroatoms. The van der Waals surface area contributed by atoms with Gasteiger partial charge in [0.15, 0.2) is 0 Å². The van der Waals surface area contributed by atoms with Gasteiger partial charge in [0.1, 0.15) is 5.60 Å². The highest BCUT2D eigenvalue weighted by Gasteiger charge is 2.22. The van der Waals surface area contributed by atoms with Gasteiger partial charge in [-0.05, 0) is 32.9 Å². The van der Waals surface area contributed by atoms with Gasteiger partial charge in [0.25, 0.3) is 0 Å². The number of aromatic nitrogens is 1. The molecule has 0 radical (unpaired) electrons. The van der Waals surface area contributed by atoms with E-state index in [0.717, 1.165) is 0 Å². The SMILES string of the molecule is CNN(C(=O)OC(C)(C)C)c1cccnc1. The van der Waals surface area contributed by atoms with Crippen LogP contribution in [0.5, 0.6) is 0 Å². The van der Waals surface area contributed by atoms with E-state index < -0.39 is 11.7 Å². The number of hydrogen-bond donors (Lipinski definition) is 1. The fourth-order valence-corrected chi connectivity index (χ4v) is 1.12. The molecule has 1 aromatic rings. The van der Waals surface area contributed by atoms with E-state index in [1.54, 1.807) is 31.6 Å². The molecule has 1 heterocycles. The van der Waals surface area contributed by atoms with Crippen LogP contribution in [0.3, 0.4) is 0 Å². The van der Waals surface area contributed by atoms with Gasteiger partial charge < -0.3 is 4.74 Å². The Balaban J connectivity index is 2.80. The molecule has 88 valence electrons. The van der Waals surface area contributed by atoms with Crippen LogP contribution in [0.15, 0.2) is 24.5 Å². The van der Waals surface area contributed by atoms with Crippen LogP contribution >= 0.6 is 0 Å². The minimum Gasteiger partial charge on any atom is -0.442 e. The van der Waals surface area contributed by atoms with Gasteiger partial charge in [0.05, 0.1) is 11.9 Å². The molecule has 0 bridgehead atoms. The maximum absolute atomic E-state index is 11.8. The molecular formula is C11H17N3O2. The summed E-state index contributed by atoms with van der Waals surface area (Å²) in [6.07, 6.45) is 2.77. The van der Waals surface area contributed by atoms with E-state index in [1.807, 2.05) is 20.8 Å². The summed E-state index contributed by atoms with van der Waals surface area (Å²) in [4.78, 5) is 15.7. The number of nitrogens with zero attached hydrogens (tertiary/aromatic N) is 2. The summed E-state index contributed by atoms with van der Waals surface area (Å²) in [6, 6.07) is 3.53. The van der Waals surface area contributed by atoms with Gasteiger partial charge in [0.2, 0.25) is 0 Å². The van der Waals surface area contributed by atoms with Crippen molar-refractivity contribution in [3.8, 4) is 0 Å². The predicted molar refractivity (Wildman–Crippen MR) is 62.0 cm³/mol. The fourth-order valence-electron chi connectivity index (χ4n) is 1.12. The van der Waals surface area contributed by atoms with Crippen LogP contribution < -0.4 is 10.4 Å². The number of nitrogens with one attached hydrogen (secondary N) is 1. The number of amides is 1. The zero-order chi connectivity index (χ0) is 12.2. The molecule has 0 aliphatic heterocycles. The summed E-state index contributed by atoms with van der Waals surface area (Å²) in [5.74, 6) is 0. The second-order valence-corrected chi connectivity index (χ2v) is 4.25. The quantitative estimate of drug-likeness (QED) is 0.779. The number of rotatable bonds is 2. The Morgan fingerprint density at radius 1 is 1.50 bits per heavy atom. The first-order chi connectivity index (χ1) is 7.44. The van der Waals surface area contributed by atoms with Crippen molar-refractivity contribution in [3.05, 3.63) is 24.5 Å². The van der Waals surface area contributed by atoms with Gasteiger partial charge in [0, 0.05) is 13.2 Å². The topological polar surface area (TPSA) is 54.5 Å². The Bertz CT molecular complexity index is 346. The van der Waals surface area contributed by atoms with Crippen molar-refractivity contribution < 1.29 is 9.53 Å². The third-order valence-electron chi connectivity index (χ3n) is 1.70. The summed E-state index contributed by atoms with van der Waals surface area (Å²) in [5.41, 5.74) is 2.88. The van der Waals surface area contributed by atoms with Crippen molar-refractivity contribution in [2.45, 2.75) is 26.4 Å². The number of hydrogen-bond acceptors (Lipinski definition) is 4. The molecule has 0 spiro atoms. The Kier molecular flexibility index (Phi) is 3.84. The molecule has 1 amide bonds. The predicted octanol–water partition coefficient (Wildman–Crippen LogP) is 1.96. The largest absolute Gasteiger partial charge is 0.442 e. The monoisotopic (exact) mass is 223 g/mol. The molecule has 0 aromatic carbocycles. The average Bonchev–Trinajstić information content (AvgIpc) is 2.17. The molecule has 0 aliphatic rings. The minimum absolute atomic E-state index is 0.456. The smallest absolute Gasteiger partial charge is 0.429 e. The van der Waals surface area contributed by atoms with E-state index in [2.05, 4.69) is 10.4 Å². The van der Waals surface area contributed by atoms with Crippen LogP contribution in [-0.4, -0.2) is 23.7 Å². The summed E-state index contributed by atoms with van der Waals surface area (Å²) in [6.45, 7) is 5.46. The molecular weight excluding hydrogens is 206 g/mol. The molecule has 0 saturated carbocycles. The Hall–Kier alpha value is -1.62. The van der Waals surface area contributed by atoms with E-state index in [0.29, 0.717) is 5.69 Å². The minimum atomic E-state index is -0.519. The fraction of sp³-hybridized carbons (Fsp3) is 0.455. The Morgan fingerprint density at radius 3 is 2.62 bits per heavy atom. The molecule has 0 fully saturated rings. The molecule has 16 heavy (non-hydrogen) atoms. The first kappa shape index (κ1) is 12.4. The van der Waals surface area contributed by atoms with Crippen molar-refractivity contribution in [2.24, 2.45) is 0 Å². The number of hydrazine groups is 1. The summed E-state index contributed by atoms with van der Waals surface area (Å²) < 4.78 is 5.24. The maximum atomic E-state index is 11.8. The zero-order valence-electron chi connectivity index (χ0n) is 10.0. The molecule has 5 nitrogen and oxygen atoms in total. The van der Waals surface area contributed by atoms with Crippen LogP contribution in [0.25, 0.3) is 0 Å². The molecule has 0 aliphatic carbocycles. The standard InChI is InChI=1S/C11H17N3O2/c1-11(2,3)16-10(15)14(12-4)9-6-5-7-13-8-9/h5-8,12H,1-4H3. The molecule has 0 unspecified atom stereocenters. The zero-order valence-corrected chi connectivity index (χ0v) is 10.0. The Morgan fingerprint density at radius 2 is 2.19 bits per heavy atom. The summed E-state index contributed by atoms with van der Waals surface area (Å²) in [7, 11) is 1.65. The van der Waals surface area contributed by atoms with Crippen molar-refractivity contribution in [1.29, 1.82) is 0 Å². The second kappa shape index (κ2) is 4.94.